The number of carbonyl (C=O) groups is 2. The van der Waals surface area contributed by atoms with E-state index in [0.717, 1.165) is 11.1 Å². The molecule has 1 amide bonds. The molecule has 1 atom stereocenters. The van der Waals surface area contributed by atoms with Gasteiger partial charge in [0.2, 0.25) is 0 Å². The van der Waals surface area contributed by atoms with Gasteiger partial charge in [-0.05, 0) is 43.3 Å². The predicted molar refractivity (Wildman–Crippen MR) is 104 cm³/mol. The number of carbonyl (C=O) groups excluding carboxylic acids is 2. The van der Waals surface area contributed by atoms with Crippen molar-refractivity contribution in [2.45, 2.75) is 39.2 Å². The second kappa shape index (κ2) is 8.83. The number of ketones is 1. The summed E-state index contributed by atoms with van der Waals surface area (Å²) < 4.78 is 56.6. The fourth-order valence-electron chi connectivity index (χ4n) is 3.18. The summed E-state index contributed by atoms with van der Waals surface area (Å²) in [5, 5.41) is 5.09. The number of halogens is 4. The highest BCUT2D eigenvalue weighted by Crippen LogP contribution is 2.32. The molecule has 3 rings (SSSR count). The number of rotatable bonds is 8. The normalized spacial score (nSPS) is 16.6. The van der Waals surface area contributed by atoms with Crippen molar-refractivity contribution in [3.63, 3.8) is 0 Å². The Balaban J connectivity index is 1.74. The third-order valence-corrected chi connectivity index (χ3v) is 4.80. The summed E-state index contributed by atoms with van der Waals surface area (Å²) >= 11 is 0. The molecule has 31 heavy (non-hydrogen) atoms. The van der Waals surface area contributed by atoms with E-state index in [2.05, 4.69) is 14.8 Å². The monoisotopic (exact) mass is 437 g/mol. The summed E-state index contributed by atoms with van der Waals surface area (Å²) in [4.78, 5) is 29.5. The minimum atomic E-state index is -3.04. The van der Waals surface area contributed by atoms with Crippen molar-refractivity contribution in [2.24, 2.45) is 11.0 Å². The number of ether oxygens (including phenoxy) is 1. The van der Waals surface area contributed by atoms with Gasteiger partial charge in [-0.25, -0.2) is 8.78 Å². The van der Waals surface area contributed by atoms with Crippen LogP contribution in [0.3, 0.4) is 0 Å². The third kappa shape index (κ3) is 4.89. The molecular weight excluding hydrogens is 418 g/mol. The van der Waals surface area contributed by atoms with E-state index in [1.165, 1.54) is 50.4 Å². The van der Waals surface area contributed by atoms with Gasteiger partial charge in [-0.15, -0.1) is 0 Å². The zero-order chi connectivity index (χ0) is 22.8. The lowest BCUT2D eigenvalue weighted by molar-refractivity contribution is -0.128. The van der Waals surface area contributed by atoms with Gasteiger partial charge in [0.15, 0.2) is 5.78 Å². The summed E-state index contributed by atoms with van der Waals surface area (Å²) in [6.07, 6.45) is 0.494. The van der Waals surface area contributed by atoms with Crippen LogP contribution in [0.4, 0.5) is 23.2 Å². The van der Waals surface area contributed by atoms with E-state index in [9.17, 15) is 27.2 Å². The Bertz CT molecular complexity index is 1010. The minimum Gasteiger partial charge on any atom is -0.435 e. The Morgan fingerprint density at radius 3 is 2.52 bits per heavy atom. The maximum absolute atomic E-state index is 13.9. The number of alkyl halides is 4. The number of benzene rings is 1. The van der Waals surface area contributed by atoms with Crippen LogP contribution in [0.5, 0.6) is 5.75 Å². The molecular formula is C21H19F4N3O3. The van der Waals surface area contributed by atoms with Gasteiger partial charge >= 0.3 is 6.61 Å². The van der Waals surface area contributed by atoms with Crippen molar-refractivity contribution in [2.75, 3.05) is 5.01 Å². The first-order chi connectivity index (χ1) is 14.6. The summed E-state index contributed by atoms with van der Waals surface area (Å²) in [7, 11) is 0. The van der Waals surface area contributed by atoms with E-state index in [-0.39, 0.29) is 34.8 Å². The molecule has 2 heterocycles. The van der Waals surface area contributed by atoms with E-state index < -0.39 is 36.6 Å². The van der Waals surface area contributed by atoms with Crippen LogP contribution in [-0.2, 0) is 21.9 Å². The Hall–Kier alpha value is -3.30. The zero-order valence-electron chi connectivity index (χ0n) is 16.7. The van der Waals surface area contributed by atoms with Gasteiger partial charge in [0.25, 0.3) is 11.8 Å². The number of hydrazone groups is 1. The minimum absolute atomic E-state index is 0.0893. The first kappa shape index (κ1) is 22.4. The van der Waals surface area contributed by atoms with Crippen molar-refractivity contribution in [3.8, 4) is 5.75 Å². The molecule has 0 saturated carbocycles. The van der Waals surface area contributed by atoms with E-state index in [0.29, 0.717) is 0 Å². The van der Waals surface area contributed by atoms with Crippen molar-refractivity contribution in [1.29, 1.82) is 0 Å². The first-order valence-electron chi connectivity index (χ1n) is 9.42. The van der Waals surface area contributed by atoms with Crippen molar-refractivity contribution in [1.82, 2.24) is 4.98 Å². The first-order valence-corrected chi connectivity index (χ1v) is 9.42. The van der Waals surface area contributed by atoms with E-state index in [4.69, 9.17) is 0 Å². The summed E-state index contributed by atoms with van der Waals surface area (Å²) in [5.74, 6) is -5.48. The summed E-state index contributed by atoms with van der Waals surface area (Å²) in [5.41, 5.74) is 0.383. The van der Waals surface area contributed by atoms with Gasteiger partial charge in [-0.1, -0.05) is 6.92 Å². The average Bonchev–Trinajstić information content (AvgIpc) is 3.02. The number of nitrogens with zero attached hydrogens (tertiary/aromatic N) is 3. The smallest absolute Gasteiger partial charge is 0.387 e. The summed E-state index contributed by atoms with van der Waals surface area (Å²) in [6, 6.07) is 7.56. The standard InChI is InChI=1S/C21H19F4N3O3/c1-3-21(24,25)13-8-9-26-14(10-13)11-17(29)18-12(2)27-28(19(18)30)15-4-6-16(7-5-15)31-20(22)23/h4-10,18,20H,3,11H2,1-2H3. The molecule has 0 spiro atoms. The maximum atomic E-state index is 13.9. The number of hydrogen-bond acceptors (Lipinski definition) is 5. The molecule has 10 heteroatoms. The molecule has 1 aliphatic rings. The SMILES string of the molecule is CCC(F)(F)c1ccnc(CC(=O)C2C(=O)N(c3ccc(OC(F)F)cc3)N=C2C)c1. The molecule has 0 N–H and O–H groups in total. The molecule has 1 aliphatic heterocycles. The van der Waals surface area contributed by atoms with Crippen LogP contribution in [0.2, 0.25) is 0 Å². The topological polar surface area (TPSA) is 71.9 Å². The Kier molecular flexibility index (Phi) is 6.37. The van der Waals surface area contributed by atoms with Crippen molar-refractivity contribution in [3.05, 3.63) is 53.9 Å². The number of amides is 1. The van der Waals surface area contributed by atoms with Crippen LogP contribution >= 0.6 is 0 Å². The van der Waals surface area contributed by atoms with Crippen molar-refractivity contribution >= 4 is 23.1 Å². The molecule has 0 aliphatic carbocycles. The maximum Gasteiger partial charge on any atom is 0.387 e. The predicted octanol–water partition coefficient (Wildman–Crippen LogP) is 4.34. The molecule has 2 aromatic rings. The van der Waals surface area contributed by atoms with Crippen LogP contribution in [0.15, 0.2) is 47.7 Å². The van der Waals surface area contributed by atoms with Gasteiger partial charge < -0.3 is 4.74 Å². The van der Waals surface area contributed by atoms with Gasteiger partial charge in [-0.2, -0.15) is 18.9 Å². The molecule has 0 saturated heterocycles. The third-order valence-electron chi connectivity index (χ3n) is 4.80. The summed E-state index contributed by atoms with van der Waals surface area (Å²) in [6.45, 7) is -0.127. The van der Waals surface area contributed by atoms with Crippen LogP contribution < -0.4 is 9.75 Å². The van der Waals surface area contributed by atoms with Gasteiger partial charge in [0, 0.05) is 30.3 Å². The van der Waals surface area contributed by atoms with Crippen molar-refractivity contribution < 1.29 is 31.9 Å². The van der Waals surface area contributed by atoms with E-state index >= 15 is 0 Å². The molecule has 1 unspecified atom stereocenters. The van der Waals surface area contributed by atoms with Crippen LogP contribution in [0.1, 0.15) is 31.5 Å². The number of anilines is 1. The Morgan fingerprint density at radius 1 is 1.23 bits per heavy atom. The Labute approximate surface area is 175 Å². The zero-order valence-corrected chi connectivity index (χ0v) is 16.7. The molecule has 164 valence electrons. The largest absolute Gasteiger partial charge is 0.435 e. The van der Waals surface area contributed by atoms with Crippen LogP contribution in [0.25, 0.3) is 0 Å². The van der Waals surface area contributed by atoms with E-state index in [1.54, 1.807) is 0 Å². The molecule has 1 aromatic carbocycles. The molecule has 0 bridgehead atoms. The van der Waals surface area contributed by atoms with Gasteiger partial charge in [0.05, 0.1) is 11.4 Å². The second-order valence-corrected chi connectivity index (χ2v) is 6.93. The molecule has 6 nitrogen and oxygen atoms in total. The molecule has 1 aromatic heterocycles. The second-order valence-electron chi connectivity index (χ2n) is 6.93. The van der Waals surface area contributed by atoms with Crippen LogP contribution in [0, 0.1) is 5.92 Å². The highest BCUT2D eigenvalue weighted by atomic mass is 19.3. The molecule has 0 radical (unpaired) electrons. The van der Waals surface area contributed by atoms with E-state index in [1.807, 2.05) is 0 Å². The highest BCUT2D eigenvalue weighted by Gasteiger charge is 2.39. The Morgan fingerprint density at radius 2 is 1.90 bits per heavy atom. The highest BCUT2D eigenvalue weighted by molar-refractivity contribution is 6.27. The number of Topliss-reactive ketones (excluding diaryl/α,β-unsaturated/α-hetero) is 1. The lowest BCUT2D eigenvalue weighted by atomic mass is 9.95. The van der Waals surface area contributed by atoms with Crippen LogP contribution in [-0.4, -0.2) is 29.0 Å². The number of aromatic nitrogens is 1. The quantitative estimate of drug-likeness (QED) is 0.455. The van der Waals surface area contributed by atoms with Gasteiger partial charge in [-0.3, -0.25) is 14.6 Å². The number of pyridine rings is 1. The lowest BCUT2D eigenvalue weighted by Crippen LogP contribution is -2.33. The van der Waals surface area contributed by atoms with Gasteiger partial charge in [0.1, 0.15) is 11.7 Å². The lowest BCUT2D eigenvalue weighted by Gasteiger charge is -2.16. The molecule has 0 fully saturated rings. The average molecular weight is 437 g/mol. The fourth-order valence-corrected chi connectivity index (χ4v) is 3.18. The number of hydrogen-bond donors (Lipinski definition) is 0. The fraction of sp³-hybridized carbons (Fsp3) is 0.333.